The van der Waals surface area contributed by atoms with E-state index in [1.165, 1.54) is 0 Å². The van der Waals surface area contributed by atoms with Crippen LogP contribution >= 0.6 is 0 Å². The molecule has 0 unspecified atom stereocenters. The third-order valence-electron chi connectivity index (χ3n) is 7.48. The summed E-state index contributed by atoms with van der Waals surface area (Å²) in [6.45, 7) is 6.26. The van der Waals surface area contributed by atoms with E-state index in [4.69, 9.17) is 9.62 Å². The molecule has 0 bridgehead atoms. The third kappa shape index (κ3) is 5.40. The average molecular weight is 533 g/mol. The van der Waals surface area contributed by atoms with Crippen LogP contribution in [0.25, 0.3) is 21.9 Å². The van der Waals surface area contributed by atoms with Gasteiger partial charge in [0.05, 0.1) is 23.8 Å². The lowest BCUT2D eigenvalue weighted by Gasteiger charge is -2.24. The van der Waals surface area contributed by atoms with Crippen LogP contribution in [0, 0.1) is 6.92 Å². The molecular weight excluding hydrogens is 500 g/mol. The van der Waals surface area contributed by atoms with Gasteiger partial charge in [-0.3, -0.25) is 14.8 Å². The van der Waals surface area contributed by atoms with Crippen molar-refractivity contribution in [1.29, 1.82) is 0 Å². The molecule has 6 nitrogen and oxygen atoms in total. The molecule has 0 spiro atoms. The largest absolute Gasteiger partial charge is 0.467 e. The number of fused-ring (bicyclic) bond motifs is 1. The van der Waals surface area contributed by atoms with Gasteiger partial charge in [0.25, 0.3) is 11.8 Å². The van der Waals surface area contributed by atoms with Gasteiger partial charge in [0.1, 0.15) is 5.76 Å². The first-order chi connectivity index (χ1) is 19.3. The van der Waals surface area contributed by atoms with E-state index >= 15 is 0 Å². The number of hydroxylamine groups is 1. The van der Waals surface area contributed by atoms with Crippen molar-refractivity contribution in [1.82, 2.24) is 10.4 Å². The van der Waals surface area contributed by atoms with Crippen molar-refractivity contribution in [3.8, 4) is 11.1 Å². The third-order valence-corrected chi connectivity index (χ3v) is 7.48. The lowest BCUT2D eigenvalue weighted by Crippen LogP contribution is -2.38. The summed E-state index contributed by atoms with van der Waals surface area (Å²) in [7, 11) is 0. The fourth-order valence-corrected chi connectivity index (χ4v) is 4.99. The molecule has 4 aromatic carbocycles. The lowest BCUT2D eigenvalue weighted by atomic mass is 9.82. The maximum Gasteiger partial charge on any atom is 0.255 e. The van der Waals surface area contributed by atoms with Crippen LogP contribution in [0.4, 0.5) is 0 Å². The number of benzene rings is 4. The number of amides is 2. The number of nitrogens with one attached hydrogen (secondary N) is 1. The van der Waals surface area contributed by atoms with Gasteiger partial charge >= 0.3 is 0 Å². The van der Waals surface area contributed by atoms with Crippen LogP contribution in [0.2, 0.25) is 0 Å². The van der Waals surface area contributed by atoms with E-state index in [-0.39, 0.29) is 5.91 Å². The van der Waals surface area contributed by atoms with E-state index in [0.717, 1.165) is 38.6 Å². The van der Waals surface area contributed by atoms with Gasteiger partial charge in [-0.1, -0.05) is 84.9 Å². The Hall–Kier alpha value is -4.68. The summed E-state index contributed by atoms with van der Waals surface area (Å²) in [5.74, 6) is 0.198. The van der Waals surface area contributed by atoms with Crippen molar-refractivity contribution in [3.63, 3.8) is 0 Å². The zero-order valence-electron chi connectivity index (χ0n) is 22.8. The summed E-state index contributed by atoms with van der Waals surface area (Å²) in [5.41, 5.74) is 6.22. The van der Waals surface area contributed by atoms with Gasteiger partial charge in [-0.25, -0.2) is 5.48 Å². The quantitative estimate of drug-likeness (QED) is 0.166. The lowest BCUT2D eigenvalue weighted by molar-refractivity contribution is -0.134. The van der Waals surface area contributed by atoms with E-state index in [2.05, 4.69) is 0 Å². The fraction of sp³-hybridized carbons (Fsp3) is 0.176. The Morgan fingerprint density at radius 1 is 0.850 bits per heavy atom. The van der Waals surface area contributed by atoms with E-state index in [0.29, 0.717) is 24.4 Å². The number of furan rings is 1. The highest BCUT2D eigenvalue weighted by Crippen LogP contribution is 2.29. The molecule has 202 valence electrons. The fourth-order valence-electron chi connectivity index (χ4n) is 4.99. The van der Waals surface area contributed by atoms with Gasteiger partial charge in [-0.05, 0) is 71.5 Å². The molecule has 0 atom stereocenters. The van der Waals surface area contributed by atoms with Crippen molar-refractivity contribution < 1.29 is 19.2 Å². The number of hydrogen-bond acceptors (Lipinski definition) is 4. The van der Waals surface area contributed by atoms with Gasteiger partial charge in [0.15, 0.2) is 0 Å². The van der Waals surface area contributed by atoms with E-state index < -0.39 is 11.3 Å². The summed E-state index contributed by atoms with van der Waals surface area (Å²) in [4.78, 5) is 28.1. The topological polar surface area (TPSA) is 82.8 Å². The average Bonchev–Trinajstić information content (AvgIpc) is 3.49. The molecule has 1 heterocycles. The zero-order chi connectivity index (χ0) is 28.3. The number of aryl methyl sites for hydroxylation is 1. The molecule has 1 aromatic heterocycles. The normalized spacial score (nSPS) is 11.4. The standard InChI is InChI=1S/C34H32N2O4/c1-23-13-16-26-8-4-5-12-30(26)31(23)32(37)36(22-29-11-7-19-40-29)21-24-14-17-25(18-15-24)27-9-6-10-28(20-27)34(2,3)33(38)35-39/h4-20,39H,21-22H2,1-3H3,(H,35,38). The number of hydrogen-bond donors (Lipinski definition) is 2. The van der Waals surface area contributed by atoms with Gasteiger partial charge in [-0.2, -0.15) is 0 Å². The number of carbonyl (C=O) groups excluding carboxylic acids is 2. The SMILES string of the molecule is Cc1ccc2ccccc2c1C(=O)N(Cc1ccc(-c2cccc(C(C)(C)C(=O)NO)c2)cc1)Cc1ccco1. The Morgan fingerprint density at radius 3 is 2.35 bits per heavy atom. The molecule has 2 amide bonds. The number of carbonyl (C=O) groups is 2. The number of rotatable bonds is 8. The zero-order valence-corrected chi connectivity index (χ0v) is 22.8. The molecule has 40 heavy (non-hydrogen) atoms. The Morgan fingerprint density at radius 2 is 1.62 bits per heavy atom. The van der Waals surface area contributed by atoms with Crippen molar-refractivity contribution in [3.05, 3.63) is 131 Å². The predicted molar refractivity (Wildman–Crippen MR) is 156 cm³/mol. The summed E-state index contributed by atoms with van der Waals surface area (Å²) >= 11 is 0. The second kappa shape index (κ2) is 11.2. The molecule has 0 aliphatic carbocycles. The molecule has 0 aliphatic heterocycles. The van der Waals surface area contributed by atoms with Crippen molar-refractivity contribution in [2.24, 2.45) is 0 Å². The Bertz CT molecular complexity index is 1650. The highest BCUT2D eigenvalue weighted by atomic mass is 16.5. The van der Waals surface area contributed by atoms with Gasteiger partial charge < -0.3 is 9.32 Å². The molecule has 0 radical (unpaired) electrons. The van der Waals surface area contributed by atoms with Crippen molar-refractivity contribution in [2.75, 3.05) is 0 Å². The molecule has 2 N–H and O–H groups in total. The minimum absolute atomic E-state index is 0.0492. The highest BCUT2D eigenvalue weighted by molar-refractivity contribution is 6.08. The van der Waals surface area contributed by atoms with Crippen molar-refractivity contribution >= 4 is 22.6 Å². The maximum absolute atomic E-state index is 14.0. The molecular formula is C34H32N2O4. The summed E-state index contributed by atoms with van der Waals surface area (Å²) in [6, 6.07) is 31.5. The predicted octanol–water partition coefficient (Wildman–Crippen LogP) is 7.03. The Balaban J connectivity index is 1.44. The summed E-state index contributed by atoms with van der Waals surface area (Å²) in [6.07, 6.45) is 1.62. The summed E-state index contributed by atoms with van der Waals surface area (Å²) < 4.78 is 5.61. The van der Waals surface area contributed by atoms with Gasteiger partial charge in [-0.15, -0.1) is 0 Å². The van der Waals surface area contributed by atoms with Crippen molar-refractivity contribution in [2.45, 2.75) is 39.3 Å². The van der Waals surface area contributed by atoms with E-state index in [1.54, 1.807) is 25.6 Å². The van der Waals surface area contributed by atoms with Gasteiger partial charge in [0.2, 0.25) is 0 Å². The van der Waals surface area contributed by atoms with Gasteiger partial charge in [0, 0.05) is 6.54 Å². The molecule has 0 fully saturated rings. The minimum Gasteiger partial charge on any atom is -0.467 e. The Kier molecular flexibility index (Phi) is 7.54. The second-order valence-electron chi connectivity index (χ2n) is 10.6. The smallest absolute Gasteiger partial charge is 0.255 e. The van der Waals surface area contributed by atoms with E-state index in [9.17, 15) is 9.59 Å². The first kappa shape index (κ1) is 26.9. The van der Waals surface area contributed by atoms with Crippen LogP contribution in [-0.4, -0.2) is 21.9 Å². The maximum atomic E-state index is 14.0. The molecule has 0 saturated heterocycles. The first-order valence-corrected chi connectivity index (χ1v) is 13.2. The summed E-state index contributed by atoms with van der Waals surface area (Å²) in [5, 5.41) is 11.1. The molecule has 0 aliphatic rings. The van der Waals surface area contributed by atoms with Crippen LogP contribution in [0.1, 0.15) is 46.7 Å². The highest BCUT2D eigenvalue weighted by Gasteiger charge is 2.29. The van der Waals surface area contributed by atoms with Crippen LogP contribution < -0.4 is 5.48 Å². The van der Waals surface area contributed by atoms with Crippen LogP contribution in [-0.2, 0) is 23.3 Å². The molecule has 5 aromatic rings. The second-order valence-corrected chi connectivity index (χ2v) is 10.6. The number of nitrogens with zero attached hydrogens (tertiary/aromatic N) is 1. The molecule has 6 heteroatoms. The Labute approximate surface area is 233 Å². The molecule has 5 rings (SSSR count). The van der Waals surface area contributed by atoms with Crippen LogP contribution in [0.3, 0.4) is 0 Å². The monoisotopic (exact) mass is 532 g/mol. The van der Waals surface area contributed by atoms with Crippen LogP contribution in [0.15, 0.2) is 108 Å². The van der Waals surface area contributed by atoms with Crippen LogP contribution in [0.5, 0.6) is 0 Å². The van der Waals surface area contributed by atoms with E-state index in [1.807, 2.05) is 109 Å². The first-order valence-electron chi connectivity index (χ1n) is 13.2. The minimum atomic E-state index is -0.892. The molecule has 0 saturated carbocycles.